The van der Waals surface area contributed by atoms with Gasteiger partial charge in [0.25, 0.3) is 0 Å². The van der Waals surface area contributed by atoms with Gasteiger partial charge in [0.05, 0.1) is 5.52 Å². The average Bonchev–Trinajstić information content (AvgIpc) is 2.43. The molecule has 0 aliphatic heterocycles. The van der Waals surface area contributed by atoms with Crippen LogP contribution in [0, 0.1) is 0 Å². The first-order valence-corrected chi connectivity index (χ1v) is 4.85. The number of H-pyrrole nitrogens is 1. The summed E-state index contributed by atoms with van der Waals surface area (Å²) in [4.78, 5) is 14.1. The third-order valence-electron chi connectivity index (χ3n) is 1.48. The van der Waals surface area contributed by atoms with E-state index in [9.17, 15) is 4.79 Å². The van der Waals surface area contributed by atoms with E-state index >= 15 is 0 Å². The highest BCUT2D eigenvalue weighted by Crippen LogP contribution is 2.24. The molecular formula is C7H4ClNO2S. The molecule has 0 spiro atoms. The molecule has 3 nitrogen and oxygen atoms in total. The first-order valence-electron chi connectivity index (χ1n) is 3.21. The lowest BCUT2D eigenvalue weighted by molar-refractivity contribution is 0.555. The topological polar surface area (TPSA) is 46.0 Å². The Bertz CT molecular complexity index is 462. The average molecular weight is 202 g/mol. The van der Waals surface area contributed by atoms with E-state index in [1.54, 1.807) is 12.1 Å². The van der Waals surface area contributed by atoms with Crippen molar-refractivity contribution in [2.24, 2.45) is 0 Å². The molecule has 0 unspecified atom stereocenters. The Balaban J connectivity index is 2.74. The number of oxazole rings is 1. The summed E-state index contributed by atoms with van der Waals surface area (Å²) in [5.41, 5.74) is 1.22. The van der Waals surface area contributed by atoms with Crippen LogP contribution < -0.4 is 5.76 Å². The highest BCUT2D eigenvalue weighted by atomic mass is 35.7. The van der Waals surface area contributed by atoms with Crippen LogP contribution in [0.15, 0.2) is 32.3 Å². The van der Waals surface area contributed by atoms with Gasteiger partial charge in [-0.25, -0.2) is 4.79 Å². The third-order valence-corrected chi connectivity index (χ3v) is 2.45. The van der Waals surface area contributed by atoms with Crippen molar-refractivity contribution in [3.05, 3.63) is 28.7 Å². The molecule has 1 heterocycles. The molecule has 0 aliphatic rings. The summed E-state index contributed by atoms with van der Waals surface area (Å²) in [5, 5.41) is 0. The number of aromatic nitrogens is 1. The number of halogens is 1. The zero-order valence-electron chi connectivity index (χ0n) is 5.83. The van der Waals surface area contributed by atoms with Crippen molar-refractivity contribution in [2.45, 2.75) is 4.90 Å². The van der Waals surface area contributed by atoms with E-state index in [-0.39, 0.29) is 0 Å². The predicted octanol–water partition coefficient (Wildman–Crippen LogP) is 2.37. The van der Waals surface area contributed by atoms with Crippen molar-refractivity contribution in [3.8, 4) is 0 Å². The van der Waals surface area contributed by atoms with Gasteiger partial charge in [-0.2, -0.15) is 0 Å². The lowest BCUT2D eigenvalue weighted by Gasteiger charge is -1.90. The zero-order valence-corrected chi connectivity index (χ0v) is 7.41. The van der Waals surface area contributed by atoms with E-state index in [1.807, 2.05) is 6.07 Å². The standard InChI is InChI=1S/C7H4ClNO2S/c8-12-4-1-2-5-6(3-4)11-7(10)9-5/h1-3H,(H,9,10). The minimum absolute atomic E-state index is 0.443. The van der Waals surface area contributed by atoms with Gasteiger partial charge in [-0.15, -0.1) is 0 Å². The van der Waals surface area contributed by atoms with Crippen molar-refractivity contribution in [1.82, 2.24) is 4.98 Å². The van der Waals surface area contributed by atoms with Gasteiger partial charge in [0.1, 0.15) is 0 Å². The number of nitrogens with one attached hydrogen (secondary N) is 1. The normalized spacial score (nSPS) is 10.8. The minimum atomic E-state index is -0.443. The quantitative estimate of drug-likeness (QED) is 0.771. The SMILES string of the molecule is O=c1[nH]c2ccc(SCl)cc2o1. The van der Waals surface area contributed by atoms with Crippen LogP contribution in [0.4, 0.5) is 0 Å². The van der Waals surface area contributed by atoms with Crippen LogP contribution >= 0.6 is 21.7 Å². The molecule has 0 fully saturated rings. The lowest BCUT2D eigenvalue weighted by atomic mass is 10.3. The number of benzene rings is 1. The first-order chi connectivity index (χ1) is 5.79. The molecule has 0 saturated heterocycles. The molecule has 0 atom stereocenters. The van der Waals surface area contributed by atoms with Gasteiger partial charge in [-0.1, -0.05) is 0 Å². The molecule has 0 amide bonds. The van der Waals surface area contributed by atoms with Crippen molar-refractivity contribution >= 4 is 32.8 Å². The molecule has 2 rings (SSSR count). The van der Waals surface area contributed by atoms with Gasteiger partial charge in [0.2, 0.25) is 0 Å². The van der Waals surface area contributed by atoms with Crippen molar-refractivity contribution in [3.63, 3.8) is 0 Å². The Morgan fingerprint density at radius 1 is 1.50 bits per heavy atom. The van der Waals surface area contributed by atoms with Crippen LogP contribution in [-0.2, 0) is 0 Å². The van der Waals surface area contributed by atoms with Gasteiger partial charge in [-0.3, -0.25) is 4.98 Å². The second-order valence-electron chi connectivity index (χ2n) is 2.25. The molecule has 5 heteroatoms. The highest BCUT2D eigenvalue weighted by molar-refractivity contribution is 8.21. The van der Waals surface area contributed by atoms with Crippen LogP contribution in [0.3, 0.4) is 0 Å². The summed E-state index contributed by atoms with van der Waals surface area (Å²) >= 11 is 0. The summed E-state index contributed by atoms with van der Waals surface area (Å²) in [7, 11) is 6.61. The molecule has 1 aromatic carbocycles. The van der Waals surface area contributed by atoms with E-state index in [0.717, 1.165) is 15.9 Å². The molecule has 1 aromatic heterocycles. The number of rotatable bonds is 1. The Morgan fingerprint density at radius 3 is 3.08 bits per heavy atom. The molecule has 62 valence electrons. The smallest absolute Gasteiger partial charge is 0.408 e. The minimum Gasteiger partial charge on any atom is -0.408 e. The molecule has 0 aliphatic carbocycles. The van der Waals surface area contributed by atoms with E-state index in [4.69, 9.17) is 15.1 Å². The Kier molecular flexibility index (Phi) is 1.86. The van der Waals surface area contributed by atoms with Gasteiger partial charge in [0.15, 0.2) is 5.58 Å². The molecule has 12 heavy (non-hydrogen) atoms. The van der Waals surface area contributed by atoms with Crippen molar-refractivity contribution in [1.29, 1.82) is 0 Å². The maximum Gasteiger partial charge on any atom is 0.417 e. The zero-order chi connectivity index (χ0) is 8.55. The van der Waals surface area contributed by atoms with Gasteiger partial charge < -0.3 is 4.42 Å². The van der Waals surface area contributed by atoms with Crippen molar-refractivity contribution in [2.75, 3.05) is 0 Å². The molecule has 0 bridgehead atoms. The second kappa shape index (κ2) is 2.88. The Labute approximate surface area is 76.2 Å². The molecule has 2 aromatic rings. The number of hydrogen-bond acceptors (Lipinski definition) is 3. The fraction of sp³-hybridized carbons (Fsp3) is 0. The summed E-state index contributed by atoms with van der Waals surface area (Å²) < 4.78 is 4.83. The summed E-state index contributed by atoms with van der Waals surface area (Å²) in [6, 6.07) is 5.28. The molecule has 0 radical (unpaired) electrons. The highest BCUT2D eigenvalue weighted by Gasteiger charge is 2.00. The van der Waals surface area contributed by atoms with Crippen LogP contribution in [-0.4, -0.2) is 4.98 Å². The number of fused-ring (bicyclic) bond motifs is 1. The Morgan fingerprint density at radius 2 is 2.33 bits per heavy atom. The lowest BCUT2D eigenvalue weighted by Crippen LogP contribution is -1.92. The van der Waals surface area contributed by atoms with Gasteiger partial charge in [0, 0.05) is 4.90 Å². The monoisotopic (exact) mass is 201 g/mol. The molecule has 0 saturated carbocycles. The van der Waals surface area contributed by atoms with Gasteiger partial charge >= 0.3 is 5.76 Å². The van der Waals surface area contributed by atoms with Crippen LogP contribution in [0.1, 0.15) is 0 Å². The van der Waals surface area contributed by atoms with Crippen LogP contribution in [0.2, 0.25) is 0 Å². The third kappa shape index (κ3) is 1.23. The van der Waals surface area contributed by atoms with E-state index in [0.29, 0.717) is 11.1 Å². The number of hydrogen-bond donors (Lipinski definition) is 1. The largest absolute Gasteiger partial charge is 0.417 e. The summed E-state index contributed by atoms with van der Waals surface area (Å²) in [6.45, 7) is 0. The summed E-state index contributed by atoms with van der Waals surface area (Å²) in [6.07, 6.45) is 0. The van der Waals surface area contributed by atoms with Crippen molar-refractivity contribution < 1.29 is 4.42 Å². The van der Waals surface area contributed by atoms with Crippen LogP contribution in [0.25, 0.3) is 11.1 Å². The van der Waals surface area contributed by atoms with E-state index < -0.39 is 5.76 Å². The molecular weight excluding hydrogens is 198 g/mol. The fourth-order valence-corrected chi connectivity index (χ4v) is 1.53. The summed E-state index contributed by atoms with van der Waals surface area (Å²) in [5.74, 6) is -0.443. The maximum absolute atomic E-state index is 10.7. The Hall–Kier alpha value is -0.870. The molecule has 1 N–H and O–H groups in total. The fourth-order valence-electron chi connectivity index (χ4n) is 0.974. The first kappa shape index (κ1) is 7.76. The van der Waals surface area contributed by atoms with Gasteiger partial charge in [-0.05, 0) is 39.9 Å². The number of aromatic amines is 1. The maximum atomic E-state index is 10.7. The van der Waals surface area contributed by atoms with E-state index in [1.165, 1.54) is 0 Å². The second-order valence-corrected chi connectivity index (χ2v) is 3.34. The predicted molar refractivity (Wildman–Crippen MR) is 48.5 cm³/mol. The van der Waals surface area contributed by atoms with Crippen LogP contribution in [0.5, 0.6) is 0 Å². The van der Waals surface area contributed by atoms with E-state index in [2.05, 4.69) is 4.98 Å².